The lowest BCUT2D eigenvalue weighted by Crippen LogP contribution is -2.30. The molecule has 1 aliphatic heterocycles. The van der Waals surface area contributed by atoms with Gasteiger partial charge in [0.15, 0.2) is 5.96 Å². The molecular formula is C23H30N4O. The molecule has 1 heterocycles. The van der Waals surface area contributed by atoms with Crippen molar-refractivity contribution < 1.29 is 4.74 Å². The number of hydrogen-bond donors (Lipinski definition) is 2. The van der Waals surface area contributed by atoms with Crippen molar-refractivity contribution in [2.24, 2.45) is 10.7 Å². The highest BCUT2D eigenvalue weighted by atomic mass is 16.5. The third-order valence-corrected chi connectivity index (χ3v) is 5.88. The molecule has 1 fully saturated rings. The number of benzene rings is 2. The number of rotatable bonds is 6. The van der Waals surface area contributed by atoms with Crippen LogP contribution in [0.25, 0.3) is 0 Å². The largest absolute Gasteiger partial charge is 0.496 e. The van der Waals surface area contributed by atoms with Gasteiger partial charge in [-0.25, -0.2) is 0 Å². The number of nitrogens with one attached hydrogen (secondary N) is 1. The molecule has 5 heteroatoms. The van der Waals surface area contributed by atoms with Gasteiger partial charge in [-0.3, -0.25) is 9.89 Å². The Balaban J connectivity index is 1.50. The van der Waals surface area contributed by atoms with Gasteiger partial charge >= 0.3 is 0 Å². The first-order chi connectivity index (χ1) is 13.7. The molecule has 0 saturated carbocycles. The van der Waals surface area contributed by atoms with Gasteiger partial charge in [0.05, 0.1) is 19.7 Å². The van der Waals surface area contributed by atoms with Crippen LogP contribution in [0.3, 0.4) is 0 Å². The Morgan fingerprint density at radius 2 is 1.89 bits per heavy atom. The predicted octanol–water partition coefficient (Wildman–Crippen LogP) is 3.75. The van der Waals surface area contributed by atoms with Crippen molar-refractivity contribution in [3.05, 3.63) is 59.2 Å². The lowest BCUT2D eigenvalue weighted by molar-refractivity contribution is 0.245. The minimum Gasteiger partial charge on any atom is -0.496 e. The molecule has 0 aromatic heterocycles. The molecule has 28 heavy (non-hydrogen) atoms. The van der Waals surface area contributed by atoms with E-state index in [0.717, 1.165) is 30.9 Å². The van der Waals surface area contributed by atoms with Gasteiger partial charge in [-0.15, -0.1) is 0 Å². The standard InChI is InChI=1S/C23H30N4O/c1-28-22-10-3-2-9-20(22)21(27-13-4-5-14-27)16-25-23(24)26-19-12-11-17-7-6-8-18(17)15-19/h2-3,9-12,15,21H,4-8,13-14,16H2,1H3,(H3,24,25,26). The minimum atomic E-state index is 0.180. The minimum absolute atomic E-state index is 0.180. The van der Waals surface area contributed by atoms with E-state index in [-0.39, 0.29) is 6.04 Å². The zero-order valence-corrected chi connectivity index (χ0v) is 16.7. The first-order valence-electron chi connectivity index (χ1n) is 10.3. The number of para-hydroxylation sites is 1. The van der Waals surface area contributed by atoms with Crippen molar-refractivity contribution in [2.45, 2.75) is 38.1 Å². The lowest BCUT2D eigenvalue weighted by Gasteiger charge is -2.28. The van der Waals surface area contributed by atoms with E-state index >= 15 is 0 Å². The number of hydrogen-bond acceptors (Lipinski definition) is 3. The normalized spacial score (nSPS) is 18.1. The van der Waals surface area contributed by atoms with Crippen molar-refractivity contribution in [3.63, 3.8) is 0 Å². The summed E-state index contributed by atoms with van der Waals surface area (Å²) >= 11 is 0. The molecule has 1 atom stereocenters. The molecule has 2 aromatic carbocycles. The maximum absolute atomic E-state index is 6.24. The van der Waals surface area contributed by atoms with Crippen LogP contribution >= 0.6 is 0 Å². The summed E-state index contributed by atoms with van der Waals surface area (Å²) in [5.74, 6) is 1.39. The first-order valence-corrected chi connectivity index (χ1v) is 10.3. The van der Waals surface area contributed by atoms with Gasteiger partial charge in [0.25, 0.3) is 0 Å². The van der Waals surface area contributed by atoms with E-state index in [1.807, 2.05) is 12.1 Å². The summed E-state index contributed by atoms with van der Waals surface area (Å²) in [4.78, 5) is 7.19. The molecule has 148 valence electrons. The molecule has 1 aliphatic carbocycles. The number of ether oxygens (including phenoxy) is 1. The van der Waals surface area contributed by atoms with Gasteiger partial charge in [0.2, 0.25) is 0 Å². The average Bonchev–Trinajstić information content (AvgIpc) is 3.40. The molecule has 0 amide bonds. The molecule has 4 rings (SSSR count). The van der Waals surface area contributed by atoms with Gasteiger partial charge in [0, 0.05) is 11.3 Å². The third kappa shape index (κ3) is 4.14. The SMILES string of the molecule is COc1ccccc1C(CN=C(N)Nc1ccc2c(c1)CCC2)N1CCCC1. The Morgan fingerprint density at radius 3 is 2.71 bits per heavy atom. The highest BCUT2D eigenvalue weighted by Crippen LogP contribution is 2.32. The number of guanidine groups is 1. The van der Waals surface area contributed by atoms with E-state index in [0.29, 0.717) is 12.5 Å². The number of nitrogens with zero attached hydrogens (tertiary/aromatic N) is 2. The Hall–Kier alpha value is -2.53. The quantitative estimate of drug-likeness (QED) is 0.594. The fraction of sp³-hybridized carbons (Fsp3) is 0.435. The van der Waals surface area contributed by atoms with Crippen molar-refractivity contribution in [1.82, 2.24) is 4.90 Å². The lowest BCUT2D eigenvalue weighted by atomic mass is 10.0. The van der Waals surface area contributed by atoms with E-state index in [1.54, 1.807) is 7.11 Å². The van der Waals surface area contributed by atoms with Crippen molar-refractivity contribution >= 4 is 11.6 Å². The Bertz CT molecular complexity index is 842. The summed E-state index contributed by atoms with van der Waals surface area (Å²) in [6.07, 6.45) is 6.07. The molecule has 3 N–H and O–H groups in total. The number of fused-ring (bicyclic) bond motifs is 1. The van der Waals surface area contributed by atoms with Crippen molar-refractivity contribution in [1.29, 1.82) is 0 Å². The Kier molecular flexibility index (Phi) is 5.81. The number of aryl methyl sites for hydroxylation is 2. The van der Waals surface area contributed by atoms with Crippen LogP contribution in [0.1, 0.15) is 42.0 Å². The average molecular weight is 379 g/mol. The summed E-state index contributed by atoms with van der Waals surface area (Å²) in [5, 5.41) is 3.28. The second-order valence-corrected chi connectivity index (χ2v) is 7.69. The van der Waals surface area contributed by atoms with Crippen LogP contribution in [0, 0.1) is 0 Å². The smallest absolute Gasteiger partial charge is 0.193 e. The predicted molar refractivity (Wildman–Crippen MR) is 115 cm³/mol. The second-order valence-electron chi connectivity index (χ2n) is 7.69. The Morgan fingerprint density at radius 1 is 1.11 bits per heavy atom. The first kappa shape index (κ1) is 18.8. The van der Waals surface area contributed by atoms with Crippen LogP contribution in [-0.4, -0.2) is 37.6 Å². The zero-order valence-electron chi connectivity index (χ0n) is 16.7. The van der Waals surface area contributed by atoms with Gasteiger partial charge in [-0.05, 0) is 74.5 Å². The van der Waals surface area contributed by atoms with Crippen LogP contribution in [-0.2, 0) is 12.8 Å². The van der Waals surface area contributed by atoms with Gasteiger partial charge in [0.1, 0.15) is 5.75 Å². The molecule has 5 nitrogen and oxygen atoms in total. The summed E-state index contributed by atoms with van der Waals surface area (Å²) in [6.45, 7) is 2.80. The topological polar surface area (TPSA) is 62.9 Å². The van der Waals surface area contributed by atoms with Crippen LogP contribution in [0.2, 0.25) is 0 Å². The molecule has 2 aliphatic rings. The van der Waals surface area contributed by atoms with Gasteiger partial charge in [-0.2, -0.15) is 0 Å². The number of methoxy groups -OCH3 is 1. The summed E-state index contributed by atoms with van der Waals surface area (Å²) in [6, 6.07) is 14.9. The highest BCUT2D eigenvalue weighted by Gasteiger charge is 2.25. The fourth-order valence-electron chi connectivity index (χ4n) is 4.43. The van der Waals surface area contributed by atoms with E-state index in [1.165, 1.54) is 42.4 Å². The maximum Gasteiger partial charge on any atom is 0.193 e. The number of nitrogens with two attached hydrogens (primary N) is 1. The fourth-order valence-corrected chi connectivity index (χ4v) is 4.43. The van der Waals surface area contributed by atoms with Crippen LogP contribution in [0.15, 0.2) is 47.5 Å². The van der Waals surface area contributed by atoms with E-state index in [9.17, 15) is 0 Å². The van der Waals surface area contributed by atoms with E-state index < -0.39 is 0 Å². The van der Waals surface area contributed by atoms with Crippen LogP contribution in [0.4, 0.5) is 5.69 Å². The van der Waals surface area contributed by atoms with Crippen molar-refractivity contribution in [2.75, 3.05) is 32.1 Å². The van der Waals surface area contributed by atoms with Crippen LogP contribution in [0.5, 0.6) is 5.75 Å². The number of likely N-dealkylation sites (tertiary alicyclic amines) is 1. The monoisotopic (exact) mass is 378 g/mol. The van der Waals surface area contributed by atoms with E-state index in [4.69, 9.17) is 15.5 Å². The molecular weight excluding hydrogens is 348 g/mol. The van der Waals surface area contributed by atoms with Gasteiger partial charge < -0.3 is 15.8 Å². The zero-order chi connectivity index (χ0) is 19.3. The second kappa shape index (κ2) is 8.65. The summed E-state index contributed by atoms with van der Waals surface area (Å²) < 4.78 is 5.61. The molecule has 0 radical (unpaired) electrons. The van der Waals surface area contributed by atoms with E-state index in [2.05, 4.69) is 40.5 Å². The van der Waals surface area contributed by atoms with Crippen molar-refractivity contribution in [3.8, 4) is 5.75 Å². The maximum atomic E-state index is 6.24. The molecule has 0 bridgehead atoms. The summed E-state index contributed by atoms with van der Waals surface area (Å²) in [5.41, 5.74) is 11.3. The number of anilines is 1. The molecule has 1 saturated heterocycles. The summed E-state index contributed by atoms with van der Waals surface area (Å²) in [7, 11) is 1.73. The number of aliphatic imine (C=N–C) groups is 1. The van der Waals surface area contributed by atoms with Crippen LogP contribution < -0.4 is 15.8 Å². The molecule has 1 unspecified atom stereocenters. The Labute approximate surface area is 167 Å². The molecule has 2 aromatic rings. The molecule has 0 spiro atoms. The van der Waals surface area contributed by atoms with Gasteiger partial charge in [-0.1, -0.05) is 24.3 Å². The third-order valence-electron chi connectivity index (χ3n) is 5.88. The highest BCUT2D eigenvalue weighted by molar-refractivity contribution is 5.92.